The number of benzene rings is 2. The molecule has 1 amide bonds. The molecule has 1 saturated heterocycles. The Bertz CT molecular complexity index is 723. The topological polar surface area (TPSA) is 75.5 Å². The van der Waals surface area contributed by atoms with E-state index in [1.807, 2.05) is 18.2 Å². The SMILES string of the molecule is O=C(Cc1ccc([N+](=O)[O-])cc1)NC1CCN(c2ccccc2)CC1. The highest BCUT2D eigenvalue weighted by Gasteiger charge is 2.20. The summed E-state index contributed by atoms with van der Waals surface area (Å²) in [5.74, 6) is -0.0352. The van der Waals surface area contributed by atoms with E-state index < -0.39 is 4.92 Å². The van der Waals surface area contributed by atoms with Gasteiger partial charge in [-0.2, -0.15) is 0 Å². The molecule has 6 nitrogen and oxygen atoms in total. The van der Waals surface area contributed by atoms with Crippen LogP contribution in [0.15, 0.2) is 54.6 Å². The molecule has 0 spiro atoms. The van der Waals surface area contributed by atoms with Gasteiger partial charge in [-0.25, -0.2) is 0 Å². The summed E-state index contributed by atoms with van der Waals surface area (Å²) < 4.78 is 0. The highest BCUT2D eigenvalue weighted by Crippen LogP contribution is 2.19. The Morgan fingerprint density at radius 1 is 1.08 bits per heavy atom. The van der Waals surface area contributed by atoms with Crippen LogP contribution in [0.25, 0.3) is 0 Å². The number of piperidine rings is 1. The van der Waals surface area contributed by atoms with Crippen molar-refractivity contribution in [1.82, 2.24) is 5.32 Å². The van der Waals surface area contributed by atoms with Crippen LogP contribution in [0.3, 0.4) is 0 Å². The molecule has 0 atom stereocenters. The predicted molar refractivity (Wildman–Crippen MR) is 96.6 cm³/mol. The van der Waals surface area contributed by atoms with E-state index in [2.05, 4.69) is 22.3 Å². The van der Waals surface area contributed by atoms with E-state index in [-0.39, 0.29) is 24.1 Å². The summed E-state index contributed by atoms with van der Waals surface area (Å²) in [6.45, 7) is 1.85. The molecule has 1 N–H and O–H groups in total. The Kier molecular flexibility index (Phi) is 5.28. The molecule has 0 saturated carbocycles. The summed E-state index contributed by atoms with van der Waals surface area (Å²) in [5.41, 5.74) is 2.04. The molecule has 1 aliphatic heterocycles. The van der Waals surface area contributed by atoms with Crippen LogP contribution in [0.5, 0.6) is 0 Å². The molecule has 1 heterocycles. The summed E-state index contributed by atoms with van der Waals surface area (Å²) in [4.78, 5) is 24.7. The van der Waals surface area contributed by atoms with Crippen LogP contribution in [0.4, 0.5) is 11.4 Å². The lowest BCUT2D eigenvalue weighted by Crippen LogP contribution is -2.45. The molecule has 3 rings (SSSR count). The smallest absolute Gasteiger partial charge is 0.269 e. The lowest BCUT2D eigenvalue weighted by atomic mass is 10.0. The minimum absolute atomic E-state index is 0.0352. The van der Waals surface area contributed by atoms with Crippen LogP contribution in [0.1, 0.15) is 18.4 Å². The van der Waals surface area contributed by atoms with Crippen molar-refractivity contribution < 1.29 is 9.72 Å². The normalized spacial score (nSPS) is 15.0. The van der Waals surface area contributed by atoms with Crippen LogP contribution < -0.4 is 10.2 Å². The first-order chi connectivity index (χ1) is 12.1. The summed E-state index contributed by atoms with van der Waals surface area (Å²) in [5, 5.41) is 13.7. The number of hydrogen-bond acceptors (Lipinski definition) is 4. The van der Waals surface area contributed by atoms with Gasteiger partial charge in [0, 0.05) is 37.0 Å². The van der Waals surface area contributed by atoms with Gasteiger partial charge in [0.25, 0.3) is 5.69 Å². The van der Waals surface area contributed by atoms with Crippen LogP contribution in [0, 0.1) is 10.1 Å². The number of hydrogen-bond donors (Lipinski definition) is 1. The number of non-ortho nitro benzene ring substituents is 1. The van der Waals surface area contributed by atoms with Crippen molar-refractivity contribution in [3.05, 3.63) is 70.3 Å². The Labute approximate surface area is 146 Å². The fourth-order valence-corrected chi connectivity index (χ4v) is 3.12. The minimum atomic E-state index is -0.440. The standard InChI is InChI=1S/C19H21N3O3/c23-19(14-15-6-8-18(9-7-15)22(24)25)20-16-10-12-21(13-11-16)17-4-2-1-3-5-17/h1-9,16H,10-14H2,(H,20,23). The summed E-state index contributed by atoms with van der Waals surface area (Å²) in [6.07, 6.45) is 2.08. The molecule has 25 heavy (non-hydrogen) atoms. The monoisotopic (exact) mass is 339 g/mol. The number of carbonyl (C=O) groups is 1. The molecule has 1 aliphatic rings. The summed E-state index contributed by atoms with van der Waals surface area (Å²) >= 11 is 0. The average Bonchev–Trinajstić information content (AvgIpc) is 2.63. The van der Waals surface area contributed by atoms with Crippen molar-refractivity contribution in [2.45, 2.75) is 25.3 Å². The number of rotatable bonds is 5. The van der Waals surface area contributed by atoms with Gasteiger partial charge in [0.05, 0.1) is 11.3 Å². The van der Waals surface area contributed by atoms with Gasteiger partial charge in [0.2, 0.25) is 5.91 Å². The maximum atomic E-state index is 12.2. The molecule has 0 aromatic heterocycles. The van der Waals surface area contributed by atoms with Gasteiger partial charge in [0.15, 0.2) is 0 Å². The second-order valence-electron chi connectivity index (χ2n) is 6.26. The highest BCUT2D eigenvalue weighted by atomic mass is 16.6. The van der Waals surface area contributed by atoms with Crippen molar-refractivity contribution >= 4 is 17.3 Å². The number of nitro benzene ring substituents is 1. The van der Waals surface area contributed by atoms with Gasteiger partial charge < -0.3 is 10.2 Å². The van der Waals surface area contributed by atoms with Crippen LogP contribution in [0.2, 0.25) is 0 Å². The second kappa shape index (κ2) is 7.79. The molecule has 2 aromatic rings. The lowest BCUT2D eigenvalue weighted by Gasteiger charge is -2.34. The van der Waals surface area contributed by atoms with Gasteiger partial charge in [0.1, 0.15) is 0 Å². The molecule has 0 radical (unpaired) electrons. The molecule has 0 unspecified atom stereocenters. The third kappa shape index (κ3) is 4.56. The zero-order valence-electron chi connectivity index (χ0n) is 13.9. The van der Waals surface area contributed by atoms with E-state index >= 15 is 0 Å². The fourth-order valence-electron chi connectivity index (χ4n) is 3.12. The van der Waals surface area contributed by atoms with E-state index in [1.165, 1.54) is 17.8 Å². The first kappa shape index (κ1) is 17.0. The summed E-state index contributed by atoms with van der Waals surface area (Å²) in [6, 6.07) is 16.6. The number of amides is 1. The Morgan fingerprint density at radius 3 is 2.32 bits per heavy atom. The van der Waals surface area contributed by atoms with Crippen LogP contribution in [-0.2, 0) is 11.2 Å². The molecular formula is C19H21N3O3. The van der Waals surface area contributed by atoms with Gasteiger partial charge in [-0.1, -0.05) is 30.3 Å². The Morgan fingerprint density at radius 2 is 1.72 bits per heavy atom. The zero-order chi connectivity index (χ0) is 17.6. The quantitative estimate of drug-likeness (QED) is 0.671. The summed E-state index contributed by atoms with van der Waals surface area (Å²) in [7, 11) is 0. The van der Waals surface area contributed by atoms with Crippen molar-refractivity contribution in [3.63, 3.8) is 0 Å². The number of anilines is 1. The highest BCUT2D eigenvalue weighted by molar-refractivity contribution is 5.79. The first-order valence-corrected chi connectivity index (χ1v) is 8.44. The fraction of sp³-hybridized carbons (Fsp3) is 0.316. The molecular weight excluding hydrogens is 318 g/mol. The average molecular weight is 339 g/mol. The third-order valence-electron chi connectivity index (χ3n) is 4.49. The van der Waals surface area contributed by atoms with Gasteiger partial charge in [-0.3, -0.25) is 14.9 Å². The Hall–Kier alpha value is -2.89. The number of carbonyl (C=O) groups excluding carboxylic acids is 1. The first-order valence-electron chi connectivity index (χ1n) is 8.44. The number of nitrogens with zero attached hydrogens (tertiary/aromatic N) is 2. The van der Waals surface area contributed by atoms with Crippen molar-refractivity contribution in [1.29, 1.82) is 0 Å². The van der Waals surface area contributed by atoms with E-state index in [9.17, 15) is 14.9 Å². The van der Waals surface area contributed by atoms with Gasteiger partial charge in [-0.05, 0) is 30.5 Å². The molecule has 2 aromatic carbocycles. The predicted octanol–water partition coefficient (Wildman–Crippen LogP) is 2.92. The number of nitro groups is 1. The zero-order valence-corrected chi connectivity index (χ0v) is 13.9. The maximum absolute atomic E-state index is 12.2. The maximum Gasteiger partial charge on any atom is 0.269 e. The molecule has 1 fully saturated rings. The lowest BCUT2D eigenvalue weighted by molar-refractivity contribution is -0.384. The van der Waals surface area contributed by atoms with Crippen LogP contribution in [-0.4, -0.2) is 30.0 Å². The van der Waals surface area contributed by atoms with Crippen LogP contribution >= 0.6 is 0 Å². The van der Waals surface area contributed by atoms with Crippen molar-refractivity contribution in [2.75, 3.05) is 18.0 Å². The van der Waals surface area contributed by atoms with Crippen molar-refractivity contribution in [2.24, 2.45) is 0 Å². The molecule has 0 aliphatic carbocycles. The second-order valence-corrected chi connectivity index (χ2v) is 6.26. The van der Waals surface area contributed by atoms with Gasteiger partial charge in [-0.15, -0.1) is 0 Å². The van der Waals surface area contributed by atoms with E-state index in [4.69, 9.17) is 0 Å². The van der Waals surface area contributed by atoms with E-state index in [0.29, 0.717) is 0 Å². The largest absolute Gasteiger partial charge is 0.371 e. The minimum Gasteiger partial charge on any atom is -0.371 e. The molecule has 0 bridgehead atoms. The van der Waals surface area contributed by atoms with Crippen molar-refractivity contribution in [3.8, 4) is 0 Å². The number of para-hydroxylation sites is 1. The Balaban J connectivity index is 1.47. The van der Waals surface area contributed by atoms with E-state index in [1.54, 1.807) is 12.1 Å². The van der Waals surface area contributed by atoms with E-state index in [0.717, 1.165) is 31.5 Å². The molecule has 6 heteroatoms. The molecule has 130 valence electrons. The van der Waals surface area contributed by atoms with Gasteiger partial charge >= 0.3 is 0 Å². The third-order valence-corrected chi connectivity index (χ3v) is 4.49. The number of nitrogens with one attached hydrogen (secondary N) is 1.